The van der Waals surface area contributed by atoms with Crippen LogP contribution in [0.2, 0.25) is 0 Å². The van der Waals surface area contributed by atoms with Crippen molar-refractivity contribution in [1.29, 1.82) is 0 Å². The Morgan fingerprint density at radius 1 is 0.949 bits per heavy atom. The van der Waals surface area contributed by atoms with E-state index in [1.807, 2.05) is 38.1 Å². The van der Waals surface area contributed by atoms with Gasteiger partial charge in [0.15, 0.2) is 0 Å². The van der Waals surface area contributed by atoms with E-state index in [0.29, 0.717) is 33.2 Å². The molecule has 0 saturated heterocycles. The summed E-state index contributed by atoms with van der Waals surface area (Å²) < 4.78 is 13.8. The first-order valence-corrected chi connectivity index (χ1v) is 14.5. The molecule has 0 spiro atoms. The molecule has 1 heterocycles. The van der Waals surface area contributed by atoms with Crippen LogP contribution in [0.25, 0.3) is 0 Å². The predicted molar refractivity (Wildman–Crippen MR) is 154 cm³/mol. The quantitative estimate of drug-likeness (QED) is 0.328. The van der Waals surface area contributed by atoms with Crippen LogP contribution >= 0.6 is 0 Å². The van der Waals surface area contributed by atoms with Crippen molar-refractivity contribution in [2.45, 2.75) is 55.5 Å². The highest BCUT2D eigenvalue weighted by molar-refractivity contribution is 7.85. The maximum Gasteiger partial charge on any atom is 0.259 e. The summed E-state index contributed by atoms with van der Waals surface area (Å²) >= 11 is 0. The van der Waals surface area contributed by atoms with Gasteiger partial charge in [-0.05, 0) is 85.7 Å². The SMILES string of the molecule is Cc1ccc(C)c(CN2C(=O)c3ccccc3[S@](=O)c3ccc(C(=O)N[C@@H]4CCCc5ccccc54)cc32)c1. The highest BCUT2D eigenvalue weighted by Gasteiger charge is 2.32. The molecule has 1 aliphatic heterocycles. The van der Waals surface area contributed by atoms with E-state index in [0.717, 1.165) is 41.5 Å². The van der Waals surface area contributed by atoms with E-state index in [1.165, 1.54) is 5.56 Å². The van der Waals surface area contributed by atoms with E-state index in [2.05, 4.69) is 23.5 Å². The second-order valence-electron chi connectivity index (χ2n) is 10.4. The lowest BCUT2D eigenvalue weighted by molar-refractivity contribution is 0.0930. The first kappa shape index (κ1) is 25.3. The maximum absolute atomic E-state index is 14.0. The van der Waals surface area contributed by atoms with Crippen molar-refractivity contribution in [2.24, 2.45) is 0 Å². The van der Waals surface area contributed by atoms with Gasteiger partial charge in [-0.15, -0.1) is 0 Å². The average Bonchev–Trinajstić information content (AvgIpc) is 3.04. The molecule has 39 heavy (non-hydrogen) atoms. The minimum atomic E-state index is -1.57. The van der Waals surface area contributed by atoms with E-state index in [9.17, 15) is 13.8 Å². The largest absolute Gasteiger partial charge is 0.345 e. The number of carbonyl (C=O) groups is 2. The fraction of sp³-hybridized carbons (Fsp3) is 0.212. The summed E-state index contributed by atoms with van der Waals surface area (Å²) in [5.41, 5.74) is 6.98. The number of aryl methyl sites for hydroxylation is 3. The second kappa shape index (κ2) is 10.3. The third kappa shape index (κ3) is 4.70. The smallest absolute Gasteiger partial charge is 0.259 e. The third-order valence-electron chi connectivity index (χ3n) is 7.78. The summed E-state index contributed by atoms with van der Waals surface area (Å²) in [6.45, 7) is 4.36. The summed E-state index contributed by atoms with van der Waals surface area (Å²) in [5.74, 6) is -0.427. The minimum absolute atomic E-state index is 0.0627. The van der Waals surface area contributed by atoms with Crippen LogP contribution in [0.1, 0.15) is 67.4 Å². The Morgan fingerprint density at radius 3 is 2.62 bits per heavy atom. The molecule has 0 bridgehead atoms. The number of nitrogens with one attached hydrogen (secondary N) is 1. The Kier molecular flexibility index (Phi) is 6.65. The third-order valence-corrected chi connectivity index (χ3v) is 9.28. The summed E-state index contributed by atoms with van der Waals surface area (Å²) in [6, 6.07) is 26.6. The van der Waals surface area contributed by atoms with Crippen LogP contribution in [0.3, 0.4) is 0 Å². The minimum Gasteiger partial charge on any atom is -0.345 e. The van der Waals surface area contributed by atoms with Gasteiger partial charge < -0.3 is 10.2 Å². The molecule has 0 saturated carbocycles. The molecule has 6 heteroatoms. The molecule has 1 aliphatic carbocycles. The molecule has 4 aromatic rings. The zero-order chi connectivity index (χ0) is 27.1. The van der Waals surface area contributed by atoms with Crippen molar-refractivity contribution in [1.82, 2.24) is 5.32 Å². The van der Waals surface area contributed by atoms with Crippen LogP contribution < -0.4 is 10.2 Å². The zero-order valence-electron chi connectivity index (χ0n) is 22.1. The molecule has 4 aromatic carbocycles. The molecule has 0 fully saturated rings. The van der Waals surface area contributed by atoms with Crippen LogP contribution in [-0.2, 0) is 23.8 Å². The number of hydrogen-bond acceptors (Lipinski definition) is 3. The van der Waals surface area contributed by atoms with E-state index in [4.69, 9.17) is 0 Å². The first-order chi connectivity index (χ1) is 18.9. The Balaban J connectivity index is 1.41. The topological polar surface area (TPSA) is 66.5 Å². The highest BCUT2D eigenvalue weighted by Crippen LogP contribution is 2.37. The number of hydrogen-bond donors (Lipinski definition) is 1. The van der Waals surface area contributed by atoms with Gasteiger partial charge in [0.1, 0.15) is 0 Å². The van der Waals surface area contributed by atoms with Gasteiger partial charge in [0.05, 0.1) is 44.4 Å². The van der Waals surface area contributed by atoms with Crippen LogP contribution in [0.4, 0.5) is 5.69 Å². The standard InChI is InChI=1S/C33H30N2O3S/c1-21-14-15-22(2)25(18-21)20-35-29-19-24(32(36)34-28-12-7-9-23-8-3-4-10-26(23)28)16-17-31(29)39(38)30-13-6-5-11-27(30)33(35)37/h3-6,8,10-11,13-19,28H,7,9,12,20H2,1-2H3,(H,34,36)/t28-,39+/m1/s1. The number of anilines is 1. The van der Waals surface area contributed by atoms with Gasteiger partial charge in [0.25, 0.3) is 11.8 Å². The molecule has 0 aromatic heterocycles. The van der Waals surface area contributed by atoms with Gasteiger partial charge >= 0.3 is 0 Å². The Bertz CT molecular complexity index is 1640. The molecule has 196 valence electrons. The number of fused-ring (bicyclic) bond motifs is 3. The summed E-state index contributed by atoms with van der Waals surface area (Å²) in [7, 11) is -1.57. The van der Waals surface area contributed by atoms with Gasteiger partial charge in [-0.25, -0.2) is 4.21 Å². The molecule has 0 unspecified atom stereocenters. The fourth-order valence-electron chi connectivity index (χ4n) is 5.65. The van der Waals surface area contributed by atoms with Crippen molar-refractivity contribution < 1.29 is 13.8 Å². The molecule has 5 nitrogen and oxygen atoms in total. The van der Waals surface area contributed by atoms with Gasteiger partial charge in [-0.1, -0.05) is 60.2 Å². The lowest BCUT2D eigenvalue weighted by atomic mass is 9.87. The molecule has 2 amide bonds. The van der Waals surface area contributed by atoms with E-state index >= 15 is 0 Å². The van der Waals surface area contributed by atoms with E-state index < -0.39 is 10.8 Å². The molecular weight excluding hydrogens is 504 g/mol. The molecule has 2 atom stereocenters. The zero-order valence-corrected chi connectivity index (χ0v) is 22.9. The number of amides is 2. The summed E-state index contributed by atoms with van der Waals surface area (Å²) in [4.78, 5) is 30.2. The van der Waals surface area contributed by atoms with Crippen molar-refractivity contribution in [3.05, 3.63) is 124 Å². The number of nitrogens with zero attached hydrogens (tertiary/aromatic N) is 1. The van der Waals surface area contributed by atoms with Crippen LogP contribution in [0, 0.1) is 13.8 Å². The Hall–Kier alpha value is -4.03. The van der Waals surface area contributed by atoms with Gasteiger partial charge in [-0.3, -0.25) is 9.59 Å². The Labute approximate surface area is 231 Å². The highest BCUT2D eigenvalue weighted by atomic mass is 32.2. The van der Waals surface area contributed by atoms with Crippen molar-refractivity contribution in [2.75, 3.05) is 4.90 Å². The number of benzene rings is 4. The molecule has 1 N–H and O–H groups in total. The molecule has 6 rings (SSSR count). The lowest BCUT2D eigenvalue weighted by Gasteiger charge is -2.27. The lowest BCUT2D eigenvalue weighted by Crippen LogP contribution is -2.32. The van der Waals surface area contributed by atoms with Crippen LogP contribution in [0.5, 0.6) is 0 Å². The maximum atomic E-state index is 14.0. The monoisotopic (exact) mass is 534 g/mol. The fourth-order valence-corrected chi connectivity index (χ4v) is 6.99. The van der Waals surface area contributed by atoms with Crippen LogP contribution in [0.15, 0.2) is 94.7 Å². The Morgan fingerprint density at radius 2 is 1.74 bits per heavy atom. The first-order valence-electron chi connectivity index (χ1n) is 13.3. The molecular formula is C33H30N2O3S. The number of rotatable bonds is 4. The molecule has 0 radical (unpaired) electrons. The van der Waals surface area contributed by atoms with Gasteiger partial charge in [0.2, 0.25) is 0 Å². The molecule has 2 aliphatic rings. The van der Waals surface area contributed by atoms with Crippen molar-refractivity contribution in [3.8, 4) is 0 Å². The van der Waals surface area contributed by atoms with E-state index in [-0.39, 0.29) is 17.9 Å². The van der Waals surface area contributed by atoms with E-state index in [1.54, 1.807) is 47.4 Å². The normalized spacial score (nSPS) is 18.0. The van der Waals surface area contributed by atoms with Gasteiger partial charge in [-0.2, -0.15) is 0 Å². The average molecular weight is 535 g/mol. The van der Waals surface area contributed by atoms with Crippen LogP contribution in [-0.4, -0.2) is 16.0 Å². The van der Waals surface area contributed by atoms with Crippen molar-refractivity contribution in [3.63, 3.8) is 0 Å². The second-order valence-corrected chi connectivity index (χ2v) is 11.8. The van der Waals surface area contributed by atoms with Gasteiger partial charge in [0, 0.05) is 5.56 Å². The number of carbonyl (C=O) groups excluding carboxylic acids is 2. The van der Waals surface area contributed by atoms with Crippen molar-refractivity contribution >= 4 is 28.3 Å². The predicted octanol–water partition coefficient (Wildman–Crippen LogP) is 6.44. The summed E-state index contributed by atoms with van der Waals surface area (Å²) in [6.07, 6.45) is 2.91. The summed E-state index contributed by atoms with van der Waals surface area (Å²) in [5, 5.41) is 3.22.